The lowest BCUT2D eigenvalue weighted by Crippen LogP contribution is -2.32. The van der Waals surface area contributed by atoms with Crippen LogP contribution in [0.15, 0.2) is 24.3 Å². The Hall–Kier alpha value is -0.603. The first-order valence-electron chi connectivity index (χ1n) is 5.98. The van der Waals surface area contributed by atoms with E-state index in [2.05, 4.69) is 24.3 Å². The van der Waals surface area contributed by atoms with Crippen molar-refractivity contribution in [3.8, 4) is 0 Å². The number of hydrogen-bond donors (Lipinski definition) is 1. The molecular formula is C13H18OSi. The molecule has 0 aromatic heterocycles. The zero-order valence-electron chi connectivity index (χ0n) is 9.24. The average Bonchev–Trinajstić information content (AvgIpc) is 2.78. The molecule has 1 aromatic rings. The standard InChI is InChI=1S/C13H18OSi/c14-13(8-9-1-2-11(13)7-9)10-3-5-12(15)6-4-10/h3-6,9,11,14H,1-2,7-8H2,15H3. The first-order chi connectivity index (χ1) is 7.18. The smallest absolute Gasteiger partial charge is 0.0927 e. The summed E-state index contributed by atoms with van der Waals surface area (Å²) in [5, 5.41) is 12.2. The lowest BCUT2D eigenvalue weighted by atomic mass is 9.79. The van der Waals surface area contributed by atoms with Gasteiger partial charge in [-0.25, -0.2) is 0 Å². The van der Waals surface area contributed by atoms with E-state index in [9.17, 15) is 5.11 Å². The van der Waals surface area contributed by atoms with Crippen molar-refractivity contribution in [3.63, 3.8) is 0 Å². The van der Waals surface area contributed by atoms with Crippen LogP contribution in [0.2, 0.25) is 0 Å². The third-order valence-corrected chi connectivity index (χ3v) is 5.03. The second kappa shape index (κ2) is 3.19. The third-order valence-electron chi connectivity index (χ3n) is 4.37. The zero-order chi connectivity index (χ0) is 10.5. The Bertz CT molecular complexity index is 373. The van der Waals surface area contributed by atoms with Gasteiger partial charge in [0.1, 0.15) is 0 Å². The predicted octanol–water partition coefficient (Wildman–Crippen LogP) is 0.685. The van der Waals surface area contributed by atoms with E-state index in [0.717, 1.165) is 28.1 Å². The van der Waals surface area contributed by atoms with Gasteiger partial charge < -0.3 is 5.11 Å². The van der Waals surface area contributed by atoms with Gasteiger partial charge in [-0.05, 0) is 43.1 Å². The fourth-order valence-corrected chi connectivity index (χ4v) is 3.83. The Morgan fingerprint density at radius 2 is 1.93 bits per heavy atom. The van der Waals surface area contributed by atoms with Crippen molar-refractivity contribution < 1.29 is 5.11 Å². The van der Waals surface area contributed by atoms with Gasteiger partial charge in [0.15, 0.2) is 0 Å². The summed E-state index contributed by atoms with van der Waals surface area (Å²) >= 11 is 0. The minimum absolute atomic E-state index is 0.488. The number of hydrogen-bond acceptors (Lipinski definition) is 1. The van der Waals surface area contributed by atoms with Crippen molar-refractivity contribution in [3.05, 3.63) is 29.8 Å². The summed E-state index contributed by atoms with van der Waals surface area (Å²) in [4.78, 5) is 0. The quantitative estimate of drug-likeness (QED) is 0.688. The Kier molecular flexibility index (Phi) is 2.05. The van der Waals surface area contributed by atoms with Gasteiger partial charge in [0.05, 0.1) is 5.60 Å². The molecule has 3 atom stereocenters. The van der Waals surface area contributed by atoms with Crippen LogP contribution in [0.3, 0.4) is 0 Å². The topological polar surface area (TPSA) is 20.2 Å². The minimum atomic E-state index is -0.488. The molecule has 1 nitrogen and oxygen atoms in total. The van der Waals surface area contributed by atoms with Gasteiger partial charge in [0, 0.05) is 10.2 Å². The van der Waals surface area contributed by atoms with E-state index >= 15 is 0 Å². The van der Waals surface area contributed by atoms with Crippen molar-refractivity contribution in [1.82, 2.24) is 0 Å². The van der Waals surface area contributed by atoms with E-state index in [4.69, 9.17) is 0 Å². The molecule has 3 rings (SSSR count). The highest BCUT2D eigenvalue weighted by Gasteiger charge is 2.50. The normalized spacial score (nSPS) is 38.7. The molecule has 1 aromatic carbocycles. The molecule has 80 valence electrons. The highest BCUT2D eigenvalue weighted by atomic mass is 28.1. The molecule has 2 aliphatic rings. The summed E-state index contributed by atoms with van der Waals surface area (Å²) in [7, 11) is 1.10. The molecule has 0 spiro atoms. The molecule has 15 heavy (non-hydrogen) atoms. The summed E-state index contributed by atoms with van der Waals surface area (Å²) in [5.74, 6) is 1.32. The largest absolute Gasteiger partial charge is 0.385 e. The van der Waals surface area contributed by atoms with Crippen molar-refractivity contribution >= 4 is 15.4 Å². The average molecular weight is 218 g/mol. The molecule has 3 unspecified atom stereocenters. The maximum atomic E-state index is 10.8. The van der Waals surface area contributed by atoms with Gasteiger partial charge in [-0.15, -0.1) is 0 Å². The van der Waals surface area contributed by atoms with Gasteiger partial charge in [0.25, 0.3) is 0 Å². The molecule has 0 aliphatic heterocycles. The number of benzene rings is 1. The molecule has 0 heterocycles. The Morgan fingerprint density at radius 3 is 2.47 bits per heavy atom. The van der Waals surface area contributed by atoms with E-state index in [1.54, 1.807) is 0 Å². The van der Waals surface area contributed by atoms with Gasteiger partial charge in [-0.2, -0.15) is 0 Å². The fraction of sp³-hybridized carbons (Fsp3) is 0.538. The van der Waals surface area contributed by atoms with E-state index in [1.807, 2.05) is 0 Å². The van der Waals surface area contributed by atoms with Crippen LogP contribution in [0.4, 0.5) is 0 Å². The van der Waals surface area contributed by atoms with Crippen LogP contribution in [0.25, 0.3) is 0 Å². The molecule has 0 radical (unpaired) electrons. The molecular weight excluding hydrogens is 200 g/mol. The van der Waals surface area contributed by atoms with E-state index in [-0.39, 0.29) is 0 Å². The third kappa shape index (κ3) is 1.39. The van der Waals surface area contributed by atoms with Gasteiger partial charge in [-0.3, -0.25) is 0 Å². The summed E-state index contributed by atoms with van der Waals surface area (Å²) in [6, 6.07) is 8.63. The van der Waals surface area contributed by atoms with Crippen molar-refractivity contribution in [2.24, 2.45) is 11.8 Å². The Balaban J connectivity index is 1.96. The van der Waals surface area contributed by atoms with Gasteiger partial charge in [0.2, 0.25) is 0 Å². The summed E-state index contributed by atoms with van der Waals surface area (Å²) in [6.45, 7) is 0. The fourth-order valence-electron chi connectivity index (χ4n) is 3.50. The predicted molar refractivity (Wildman–Crippen MR) is 65.4 cm³/mol. The second-order valence-corrected chi connectivity index (χ2v) is 6.53. The highest BCUT2D eigenvalue weighted by Crippen LogP contribution is 2.55. The van der Waals surface area contributed by atoms with Crippen LogP contribution in [0, 0.1) is 11.8 Å². The lowest BCUT2D eigenvalue weighted by molar-refractivity contribution is -0.0182. The minimum Gasteiger partial charge on any atom is -0.385 e. The maximum absolute atomic E-state index is 10.8. The first kappa shape index (κ1) is 9.61. The van der Waals surface area contributed by atoms with Crippen LogP contribution >= 0.6 is 0 Å². The highest BCUT2D eigenvalue weighted by molar-refractivity contribution is 6.32. The van der Waals surface area contributed by atoms with E-state index < -0.39 is 5.60 Å². The molecule has 0 saturated heterocycles. The van der Waals surface area contributed by atoms with Crippen LogP contribution in [-0.2, 0) is 5.60 Å². The molecule has 2 bridgehead atoms. The van der Waals surface area contributed by atoms with Crippen LogP contribution in [0.5, 0.6) is 0 Å². The lowest BCUT2D eigenvalue weighted by Gasteiger charge is -2.33. The molecule has 0 amide bonds. The Labute approximate surface area is 93.9 Å². The van der Waals surface area contributed by atoms with Crippen LogP contribution in [-0.4, -0.2) is 15.3 Å². The maximum Gasteiger partial charge on any atom is 0.0927 e. The summed E-state index contributed by atoms with van der Waals surface area (Å²) in [6.07, 6.45) is 4.81. The molecule has 2 saturated carbocycles. The summed E-state index contributed by atoms with van der Waals surface area (Å²) in [5.41, 5.74) is 0.673. The van der Waals surface area contributed by atoms with Crippen LogP contribution in [0.1, 0.15) is 31.2 Å². The first-order valence-corrected chi connectivity index (χ1v) is 6.98. The zero-order valence-corrected chi connectivity index (χ0v) is 11.2. The Morgan fingerprint density at radius 1 is 1.20 bits per heavy atom. The molecule has 2 heteroatoms. The van der Waals surface area contributed by atoms with Crippen molar-refractivity contribution in [2.45, 2.75) is 31.3 Å². The SMILES string of the molecule is OC1(c2ccc([SiH3])cc2)CC2CCC1C2. The molecule has 1 N–H and O–H groups in total. The number of fused-ring (bicyclic) bond motifs is 2. The van der Waals surface area contributed by atoms with E-state index in [0.29, 0.717) is 5.92 Å². The number of rotatable bonds is 1. The van der Waals surface area contributed by atoms with Crippen LogP contribution < -0.4 is 5.19 Å². The van der Waals surface area contributed by atoms with Gasteiger partial charge >= 0.3 is 0 Å². The number of aliphatic hydroxyl groups is 1. The molecule has 2 aliphatic carbocycles. The summed E-state index contributed by atoms with van der Waals surface area (Å²) < 4.78 is 0. The van der Waals surface area contributed by atoms with Crippen molar-refractivity contribution in [1.29, 1.82) is 0 Å². The monoisotopic (exact) mass is 218 g/mol. The van der Waals surface area contributed by atoms with Crippen molar-refractivity contribution in [2.75, 3.05) is 0 Å². The van der Waals surface area contributed by atoms with E-state index in [1.165, 1.54) is 24.4 Å². The van der Waals surface area contributed by atoms with Gasteiger partial charge in [-0.1, -0.05) is 29.5 Å². The molecule has 2 fully saturated rings. The second-order valence-electron chi connectivity index (χ2n) is 5.37.